The number of hydrogen-bond acceptors (Lipinski definition) is 6. The van der Waals surface area contributed by atoms with Crippen LogP contribution in [0.2, 0.25) is 0 Å². The molecule has 9 heteroatoms. The second-order valence-electron chi connectivity index (χ2n) is 4.29. The minimum Gasteiger partial charge on any atom is -0.394 e. The number of aryl methyl sites for hydroxylation is 1. The smallest absolute Gasteiger partial charge is 0.283 e. The van der Waals surface area contributed by atoms with Gasteiger partial charge >= 0.3 is 0 Å². The van der Waals surface area contributed by atoms with Crippen LogP contribution in [0.5, 0.6) is 0 Å². The maximum atomic E-state index is 12.0. The molecular weight excluding hydrogens is 328 g/mol. The minimum absolute atomic E-state index is 0.131. The third-order valence-electron chi connectivity index (χ3n) is 2.80. The van der Waals surface area contributed by atoms with Gasteiger partial charge in [0, 0.05) is 7.05 Å². The van der Waals surface area contributed by atoms with Gasteiger partial charge in [0.25, 0.3) is 5.56 Å². The van der Waals surface area contributed by atoms with Gasteiger partial charge in [-0.2, -0.15) is 5.10 Å². The molecule has 0 saturated heterocycles. The van der Waals surface area contributed by atoms with E-state index >= 15 is 0 Å². The van der Waals surface area contributed by atoms with E-state index in [0.717, 1.165) is 5.82 Å². The summed E-state index contributed by atoms with van der Waals surface area (Å²) in [7, 11) is 1.85. The third kappa shape index (κ3) is 2.88. The minimum atomic E-state index is -0.297. The average Bonchev–Trinajstić information content (AvgIpc) is 2.85. The number of halogens is 1. The fraction of sp³-hybridized carbons (Fsp3) is 0.455. The Hall–Kier alpha value is -1.74. The molecule has 0 bridgehead atoms. The maximum absolute atomic E-state index is 12.0. The quantitative estimate of drug-likeness (QED) is 0.810. The van der Waals surface area contributed by atoms with Gasteiger partial charge in [0.2, 0.25) is 0 Å². The molecule has 2 aromatic rings. The van der Waals surface area contributed by atoms with Gasteiger partial charge in [-0.05, 0) is 22.9 Å². The van der Waals surface area contributed by atoms with E-state index in [4.69, 9.17) is 5.11 Å². The van der Waals surface area contributed by atoms with E-state index in [0.29, 0.717) is 10.2 Å². The molecule has 0 aliphatic heterocycles. The molecule has 2 N–H and O–H groups in total. The lowest BCUT2D eigenvalue weighted by molar-refractivity contribution is 0.266. The van der Waals surface area contributed by atoms with Gasteiger partial charge < -0.3 is 15.0 Å². The first-order valence-corrected chi connectivity index (χ1v) is 6.80. The lowest BCUT2D eigenvalue weighted by atomic mass is 10.3. The number of aliphatic hydroxyl groups excluding tert-OH is 1. The van der Waals surface area contributed by atoms with E-state index in [1.165, 1.54) is 10.9 Å². The van der Waals surface area contributed by atoms with E-state index < -0.39 is 0 Å². The Morgan fingerprint density at radius 1 is 1.55 bits per heavy atom. The molecule has 0 saturated carbocycles. The van der Waals surface area contributed by atoms with Crippen molar-refractivity contribution in [2.45, 2.75) is 19.5 Å². The molecule has 0 fully saturated rings. The molecule has 8 nitrogen and oxygen atoms in total. The van der Waals surface area contributed by atoms with Crippen molar-refractivity contribution in [1.82, 2.24) is 24.5 Å². The highest BCUT2D eigenvalue weighted by Gasteiger charge is 2.15. The Morgan fingerprint density at radius 2 is 2.30 bits per heavy atom. The molecule has 1 unspecified atom stereocenters. The van der Waals surface area contributed by atoms with Crippen molar-refractivity contribution in [1.29, 1.82) is 0 Å². The standard InChI is InChI=1S/C11H15BrN6O2/c1-7(10-16-13-6-17(10)2)15-8-5-14-18(3-4-19)11(20)9(8)12/h5-7,15,19H,3-4H2,1-2H3. The summed E-state index contributed by atoms with van der Waals surface area (Å²) in [5.41, 5.74) is 0.272. The van der Waals surface area contributed by atoms with E-state index in [1.54, 1.807) is 10.9 Å². The van der Waals surface area contributed by atoms with Crippen LogP contribution in [0.4, 0.5) is 5.69 Å². The highest BCUT2D eigenvalue weighted by atomic mass is 79.9. The Labute approximate surface area is 123 Å². The van der Waals surface area contributed by atoms with Crippen LogP contribution in [0.15, 0.2) is 21.8 Å². The summed E-state index contributed by atoms with van der Waals surface area (Å²) < 4.78 is 3.36. The molecule has 0 aliphatic rings. The van der Waals surface area contributed by atoms with Gasteiger partial charge in [0.1, 0.15) is 10.8 Å². The maximum Gasteiger partial charge on any atom is 0.283 e. The average molecular weight is 343 g/mol. The van der Waals surface area contributed by atoms with E-state index in [1.807, 2.05) is 14.0 Å². The number of nitrogens with one attached hydrogen (secondary N) is 1. The summed E-state index contributed by atoms with van der Waals surface area (Å²) >= 11 is 3.25. The van der Waals surface area contributed by atoms with Crippen molar-refractivity contribution in [2.75, 3.05) is 11.9 Å². The Bertz CT molecular complexity index is 653. The van der Waals surface area contributed by atoms with E-state index in [9.17, 15) is 4.79 Å². The van der Waals surface area contributed by atoms with Crippen LogP contribution in [-0.4, -0.2) is 36.3 Å². The molecular formula is C11H15BrN6O2. The van der Waals surface area contributed by atoms with Gasteiger partial charge in [-0.15, -0.1) is 10.2 Å². The normalized spacial score (nSPS) is 12.4. The largest absolute Gasteiger partial charge is 0.394 e. The molecule has 1 atom stereocenters. The topological polar surface area (TPSA) is 97.9 Å². The second kappa shape index (κ2) is 6.14. The van der Waals surface area contributed by atoms with Crippen LogP contribution >= 0.6 is 15.9 Å². The van der Waals surface area contributed by atoms with Crippen LogP contribution in [0, 0.1) is 0 Å². The van der Waals surface area contributed by atoms with Gasteiger partial charge in [0.05, 0.1) is 31.1 Å². The highest BCUT2D eigenvalue weighted by molar-refractivity contribution is 9.10. The first-order chi connectivity index (χ1) is 9.54. The number of aliphatic hydroxyl groups is 1. The molecule has 0 spiro atoms. The van der Waals surface area contributed by atoms with Crippen molar-refractivity contribution in [3.05, 3.63) is 33.2 Å². The lowest BCUT2D eigenvalue weighted by Crippen LogP contribution is -2.26. The number of rotatable bonds is 5. The molecule has 2 heterocycles. The van der Waals surface area contributed by atoms with Gasteiger partial charge in [-0.1, -0.05) is 0 Å². The zero-order valence-electron chi connectivity index (χ0n) is 11.1. The predicted molar refractivity (Wildman–Crippen MR) is 76.3 cm³/mol. The van der Waals surface area contributed by atoms with E-state index in [-0.39, 0.29) is 24.8 Å². The lowest BCUT2D eigenvalue weighted by Gasteiger charge is -2.15. The van der Waals surface area contributed by atoms with Crippen LogP contribution < -0.4 is 10.9 Å². The molecule has 0 aromatic carbocycles. The summed E-state index contributed by atoms with van der Waals surface area (Å²) in [4.78, 5) is 12.0. The van der Waals surface area contributed by atoms with Crippen LogP contribution in [0.1, 0.15) is 18.8 Å². The van der Waals surface area contributed by atoms with Gasteiger partial charge in [-0.25, -0.2) is 4.68 Å². The zero-order chi connectivity index (χ0) is 14.7. The first kappa shape index (κ1) is 14.7. The molecule has 108 valence electrons. The summed E-state index contributed by atoms with van der Waals surface area (Å²) in [6.07, 6.45) is 3.15. The Kier molecular flexibility index (Phi) is 4.50. The van der Waals surface area contributed by atoms with Crippen molar-refractivity contribution >= 4 is 21.6 Å². The monoisotopic (exact) mass is 342 g/mol. The van der Waals surface area contributed by atoms with Crippen LogP contribution in [-0.2, 0) is 13.6 Å². The third-order valence-corrected chi connectivity index (χ3v) is 3.57. The number of nitrogens with zero attached hydrogens (tertiary/aromatic N) is 5. The number of anilines is 1. The van der Waals surface area contributed by atoms with Crippen LogP contribution in [0.3, 0.4) is 0 Å². The van der Waals surface area contributed by atoms with Crippen molar-refractivity contribution in [3.8, 4) is 0 Å². The zero-order valence-corrected chi connectivity index (χ0v) is 12.7. The molecule has 0 aliphatic carbocycles. The summed E-state index contributed by atoms with van der Waals surface area (Å²) in [5.74, 6) is 0.747. The number of hydrogen-bond donors (Lipinski definition) is 2. The fourth-order valence-electron chi connectivity index (χ4n) is 1.80. The Morgan fingerprint density at radius 3 is 2.90 bits per heavy atom. The van der Waals surface area contributed by atoms with Gasteiger partial charge in [0.15, 0.2) is 5.82 Å². The number of aromatic nitrogens is 5. The SMILES string of the molecule is CC(Nc1cnn(CCO)c(=O)c1Br)c1nncn1C. The van der Waals surface area contributed by atoms with Crippen LogP contribution in [0.25, 0.3) is 0 Å². The predicted octanol–water partition coefficient (Wildman–Crippen LogP) is 0.300. The molecule has 0 amide bonds. The molecule has 2 rings (SSSR count). The van der Waals surface area contributed by atoms with Crippen molar-refractivity contribution in [2.24, 2.45) is 7.05 Å². The Balaban J connectivity index is 2.24. The summed E-state index contributed by atoms with van der Waals surface area (Å²) in [6.45, 7) is 1.94. The molecule has 20 heavy (non-hydrogen) atoms. The molecule has 0 radical (unpaired) electrons. The fourth-order valence-corrected chi connectivity index (χ4v) is 2.22. The first-order valence-electron chi connectivity index (χ1n) is 6.01. The van der Waals surface area contributed by atoms with Gasteiger partial charge in [-0.3, -0.25) is 4.79 Å². The van der Waals surface area contributed by atoms with Crippen molar-refractivity contribution < 1.29 is 5.11 Å². The van der Waals surface area contributed by atoms with Crippen molar-refractivity contribution in [3.63, 3.8) is 0 Å². The van der Waals surface area contributed by atoms with E-state index in [2.05, 4.69) is 36.5 Å². The highest BCUT2D eigenvalue weighted by Crippen LogP contribution is 2.21. The summed E-state index contributed by atoms with van der Waals surface area (Å²) in [5, 5.41) is 23.8. The second-order valence-corrected chi connectivity index (χ2v) is 5.08. The summed E-state index contributed by atoms with van der Waals surface area (Å²) in [6, 6.07) is -0.131. The molecule has 2 aromatic heterocycles.